The fraction of sp³-hybridized carbons (Fsp3) is 0.0833. The van der Waals surface area contributed by atoms with Crippen LogP contribution >= 0.6 is 0 Å². The minimum atomic E-state index is -0.443. The zero-order valence-electron chi connectivity index (χ0n) is 16.4. The molecule has 0 radical (unpaired) electrons. The number of rotatable bonds is 6. The first-order valence-corrected chi connectivity index (χ1v) is 9.10. The lowest BCUT2D eigenvalue weighted by Crippen LogP contribution is -2.07. The van der Waals surface area contributed by atoms with Gasteiger partial charge in [-0.05, 0) is 54.6 Å². The van der Waals surface area contributed by atoms with Crippen LogP contribution in [-0.4, -0.2) is 23.5 Å². The van der Waals surface area contributed by atoms with Crippen molar-refractivity contribution >= 4 is 23.5 Å². The molecule has 3 aromatic carbocycles. The van der Waals surface area contributed by atoms with Crippen molar-refractivity contribution < 1.29 is 28.7 Å². The summed E-state index contributed by atoms with van der Waals surface area (Å²) in [6.45, 7) is 2.59. The summed E-state index contributed by atoms with van der Waals surface area (Å²) in [5, 5.41) is 0. The molecule has 150 valence electrons. The molecule has 0 aliphatic carbocycles. The number of hydrogen-bond acceptors (Lipinski definition) is 6. The lowest BCUT2D eigenvalue weighted by Gasteiger charge is -2.07. The molecule has 0 heterocycles. The Morgan fingerprint density at radius 2 is 0.900 bits per heavy atom. The first-order valence-electron chi connectivity index (χ1n) is 9.10. The third-order valence-corrected chi connectivity index (χ3v) is 4.14. The van der Waals surface area contributed by atoms with Gasteiger partial charge in [-0.25, -0.2) is 0 Å². The molecule has 0 N–H and O–H groups in total. The van der Waals surface area contributed by atoms with Crippen molar-refractivity contribution in [1.82, 2.24) is 0 Å². The molecule has 0 unspecified atom stereocenters. The van der Waals surface area contributed by atoms with Gasteiger partial charge in [-0.3, -0.25) is 19.2 Å². The number of hydrogen-bond donors (Lipinski definition) is 0. The van der Waals surface area contributed by atoms with Gasteiger partial charge >= 0.3 is 11.9 Å². The zero-order valence-corrected chi connectivity index (χ0v) is 16.4. The number of carbonyl (C=O) groups is 4. The van der Waals surface area contributed by atoms with Gasteiger partial charge in [0.25, 0.3) is 0 Å². The van der Waals surface area contributed by atoms with Crippen LogP contribution in [0.15, 0.2) is 72.8 Å². The Bertz CT molecular complexity index is 1020. The summed E-state index contributed by atoms with van der Waals surface area (Å²) in [4.78, 5) is 47.5. The van der Waals surface area contributed by atoms with Crippen molar-refractivity contribution in [2.24, 2.45) is 0 Å². The third-order valence-electron chi connectivity index (χ3n) is 4.14. The topological polar surface area (TPSA) is 86.7 Å². The van der Waals surface area contributed by atoms with E-state index in [-0.39, 0.29) is 11.6 Å². The molecule has 0 atom stereocenters. The smallest absolute Gasteiger partial charge is 0.308 e. The molecular weight excluding hydrogens is 384 g/mol. The van der Waals surface area contributed by atoms with Crippen LogP contribution in [0.3, 0.4) is 0 Å². The van der Waals surface area contributed by atoms with Crippen LogP contribution in [0, 0.1) is 0 Å². The SMILES string of the molecule is CC(=O)Oc1ccc(C(=O)c2cccc(C(=O)c3ccc(OC(C)=O)cc3)c2)cc1. The Morgan fingerprint density at radius 3 is 1.23 bits per heavy atom. The Labute approximate surface area is 173 Å². The normalized spacial score (nSPS) is 10.2. The molecule has 6 nitrogen and oxygen atoms in total. The second-order valence-electron chi connectivity index (χ2n) is 6.48. The molecule has 0 aliphatic rings. The van der Waals surface area contributed by atoms with E-state index < -0.39 is 11.9 Å². The molecule has 0 aliphatic heterocycles. The van der Waals surface area contributed by atoms with Gasteiger partial charge in [-0.2, -0.15) is 0 Å². The van der Waals surface area contributed by atoms with Gasteiger partial charge in [0.15, 0.2) is 11.6 Å². The van der Waals surface area contributed by atoms with Crippen molar-refractivity contribution in [1.29, 1.82) is 0 Å². The van der Waals surface area contributed by atoms with E-state index in [9.17, 15) is 19.2 Å². The molecule has 6 heteroatoms. The lowest BCUT2D eigenvalue weighted by molar-refractivity contribution is -0.132. The average molecular weight is 402 g/mol. The standard InChI is InChI=1S/C24H18O6/c1-15(25)29-21-10-6-17(7-11-21)23(27)19-4-3-5-20(14-19)24(28)18-8-12-22(13-9-18)30-16(2)26/h3-14H,1-2H3. The Hall–Kier alpha value is -4.06. The maximum Gasteiger partial charge on any atom is 0.308 e. The second-order valence-corrected chi connectivity index (χ2v) is 6.48. The summed E-state index contributed by atoms with van der Waals surface area (Å²) >= 11 is 0. The van der Waals surface area contributed by atoms with Crippen LogP contribution in [0.25, 0.3) is 0 Å². The van der Waals surface area contributed by atoms with E-state index in [1.807, 2.05) is 0 Å². The fourth-order valence-corrected chi connectivity index (χ4v) is 2.82. The van der Waals surface area contributed by atoms with E-state index in [1.165, 1.54) is 44.2 Å². The molecule has 0 saturated heterocycles. The Morgan fingerprint density at radius 1 is 0.533 bits per heavy atom. The monoisotopic (exact) mass is 402 g/mol. The molecule has 0 saturated carbocycles. The van der Waals surface area contributed by atoms with Gasteiger partial charge in [-0.15, -0.1) is 0 Å². The fourth-order valence-electron chi connectivity index (χ4n) is 2.82. The Balaban J connectivity index is 1.79. The van der Waals surface area contributed by atoms with E-state index >= 15 is 0 Å². The van der Waals surface area contributed by atoms with Crippen LogP contribution in [0.4, 0.5) is 0 Å². The number of carbonyl (C=O) groups excluding carboxylic acids is 4. The molecule has 30 heavy (non-hydrogen) atoms. The molecule has 3 rings (SSSR count). The number of ether oxygens (including phenoxy) is 2. The number of esters is 2. The highest BCUT2D eigenvalue weighted by molar-refractivity contribution is 6.13. The van der Waals surface area contributed by atoms with Crippen molar-refractivity contribution in [3.05, 3.63) is 95.1 Å². The first-order chi connectivity index (χ1) is 14.3. The van der Waals surface area contributed by atoms with Gasteiger partial charge in [0, 0.05) is 36.1 Å². The van der Waals surface area contributed by atoms with Crippen LogP contribution in [0.5, 0.6) is 11.5 Å². The Kier molecular flexibility index (Phi) is 6.17. The van der Waals surface area contributed by atoms with Crippen molar-refractivity contribution in [2.45, 2.75) is 13.8 Å². The van der Waals surface area contributed by atoms with Crippen LogP contribution in [0.1, 0.15) is 45.7 Å². The summed E-state index contributed by atoms with van der Waals surface area (Å²) in [6.07, 6.45) is 0. The minimum Gasteiger partial charge on any atom is -0.427 e. The highest BCUT2D eigenvalue weighted by atomic mass is 16.5. The zero-order chi connectivity index (χ0) is 21.7. The highest BCUT2D eigenvalue weighted by Crippen LogP contribution is 2.19. The van der Waals surface area contributed by atoms with Crippen LogP contribution in [-0.2, 0) is 9.59 Å². The van der Waals surface area contributed by atoms with E-state index in [2.05, 4.69) is 0 Å². The van der Waals surface area contributed by atoms with Crippen LogP contribution < -0.4 is 9.47 Å². The van der Waals surface area contributed by atoms with E-state index in [0.29, 0.717) is 33.8 Å². The van der Waals surface area contributed by atoms with Crippen molar-refractivity contribution in [3.63, 3.8) is 0 Å². The first kappa shape index (κ1) is 20.7. The summed E-state index contributed by atoms with van der Waals surface area (Å²) in [7, 11) is 0. The predicted molar refractivity (Wildman–Crippen MR) is 109 cm³/mol. The van der Waals surface area contributed by atoms with Crippen molar-refractivity contribution in [2.75, 3.05) is 0 Å². The summed E-state index contributed by atoms with van der Waals surface area (Å²) in [5.41, 5.74) is 1.53. The largest absolute Gasteiger partial charge is 0.427 e. The van der Waals surface area contributed by atoms with Gasteiger partial charge in [0.1, 0.15) is 11.5 Å². The number of ketones is 2. The van der Waals surface area contributed by atoms with Crippen molar-refractivity contribution in [3.8, 4) is 11.5 Å². The summed E-state index contributed by atoms with van der Waals surface area (Å²) < 4.78 is 9.92. The second kappa shape index (κ2) is 8.96. The summed E-state index contributed by atoms with van der Waals surface area (Å²) in [5.74, 6) is -0.712. The lowest BCUT2D eigenvalue weighted by atomic mass is 9.97. The molecule has 0 aromatic heterocycles. The molecule has 0 fully saturated rings. The maximum atomic E-state index is 12.8. The average Bonchev–Trinajstić information content (AvgIpc) is 2.73. The van der Waals surface area contributed by atoms with Crippen LogP contribution in [0.2, 0.25) is 0 Å². The van der Waals surface area contributed by atoms with E-state index in [4.69, 9.17) is 9.47 Å². The van der Waals surface area contributed by atoms with Gasteiger partial charge in [0.05, 0.1) is 0 Å². The number of benzene rings is 3. The molecule has 0 bridgehead atoms. The van der Waals surface area contributed by atoms with E-state index in [1.54, 1.807) is 42.5 Å². The van der Waals surface area contributed by atoms with Gasteiger partial charge in [0.2, 0.25) is 0 Å². The molecule has 0 spiro atoms. The quantitative estimate of drug-likeness (QED) is 0.352. The third kappa shape index (κ3) is 5.05. The van der Waals surface area contributed by atoms with Gasteiger partial charge < -0.3 is 9.47 Å². The van der Waals surface area contributed by atoms with Gasteiger partial charge in [-0.1, -0.05) is 18.2 Å². The highest BCUT2D eigenvalue weighted by Gasteiger charge is 2.14. The molecule has 0 amide bonds. The maximum absolute atomic E-state index is 12.8. The van der Waals surface area contributed by atoms with E-state index in [0.717, 1.165) is 0 Å². The summed E-state index contributed by atoms with van der Waals surface area (Å²) in [6, 6.07) is 18.8. The minimum absolute atomic E-state index is 0.260. The predicted octanol–water partition coefficient (Wildman–Crippen LogP) is 4.00. The molecular formula is C24H18O6. The molecule has 3 aromatic rings.